The van der Waals surface area contributed by atoms with Crippen LogP contribution in [0.4, 0.5) is 17.5 Å². The number of aliphatic hydroxyl groups is 1. The standard InChI is InChI=1S/C21H24ClN7O2/c22-17-13-23-21(25-16-12-24-29(14-16)10-11-30)27-19(17)26-18(15-6-2-1-3-7-15)20(31)28-8-4-5-9-28/h1-3,6-7,12-14,18,30H,4-5,8-11H2,(H2,23,25,26,27). The van der Waals surface area contributed by atoms with Gasteiger partial charge in [0.15, 0.2) is 5.82 Å². The van der Waals surface area contributed by atoms with Crippen LogP contribution < -0.4 is 10.6 Å². The van der Waals surface area contributed by atoms with Crippen LogP contribution >= 0.6 is 11.6 Å². The Bertz CT molecular complexity index is 1020. The maximum atomic E-state index is 13.2. The lowest BCUT2D eigenvalue weighted by Gasteiger charge is -2.25. The van der Waals surface area contributed by atoms with Gasteiger partial charge in [0, 0.05) is 19.3 Å². The monoisotopic (exact) mass is 441 g/mol. The zero-order valence-corrected chi connectivity index (χ0v) is 17.7. The summed E-state index contributed by atoms with van der Waals surface area (Å²) >= 11 is 6.36. The van der Waals surface area contributed by atoms with E-state index in [2.05, 4.69) is 25.7 Å². The third-order valence-corrected chi connectivity index (χ3v) is 5.32. The molecular formula is C21H24ClN7O2. The maximum Gasteiger partial charge on any atom is 0.249 e. The van der Waals surface area contributed by atoms with Crippen LogP contribution in [0.25, 0.3) is 0 Å². The fourth-order valence-electron chi connectivity index (χ4n) is 3.50. The van der Waals surface area contributed by atoms with E-state index in [4.69, 9.17) is 16.7 Å². The molecule has 162 valence electrons. The first-order chi connectivity index (χ1) is 15.1. The average Bonchev–Trinajstić information content (AvgIpc) is 3.47. The molecule has 0 radical (unpaired) electrons. The zero-order valence-electron chi connectivity index (χ0n) is 16.9. The van der Waals surface area contributed by atoms with Gasteiger partial charge < -0.3 is 20.6 Å². The number of anilines is 3. The second-order valence-electron chi connectivity index (χ2n) is 7.25. The van der Waals surface area contributed by atoms with Crippen molar-refractivity contribution in [1.29, 1.82) is 0 Å². The number of carbonyl (C=O) groups excluding carboxylic acids is 1. The number of halogens is 1. The summed E-state index contributed by atoms with van der Waals surface area (Å²) in [5, 5.41) is 19.8. The zero-order chi connectivity index (χ0) is 21.6. The molecule has 0 saturated carbocycles. The number of hydrogen-bond acceptors (Lipinski definition) is 7. The SMILES string of the molecule is O=C(C(Nc1nc(Nc2cnn(CCO)c2)ncc1Cl)c1ccccc1)N1CCCC1. The Hall–Kier alpha value is -3.17. The summed E-state index contributed by atoms with van der Waals surface area (Å²) in [5.41, 5.74) is 1.52. The van der Waals surface area contributed by atoms with E-state index < -0.39 is 6.04 Å². The van der Waals surface area contributed by atoms with Crippen molar-refractivity contribution < 1.29 is 9.90 Å². The van der Waals surface area contributed by atoms with Gasteiger partial charge in [-0.05, 0) is 18.4 Å². The Morgan fingerprint density at radius 1 is 1.19 bits per heavy atom. The Labute approximate surface area is 185 Å². The molecule has 10 heteroatoms. The molecule has 0 spiro atoms. The van der Waals surface area contributed by atoms with E-state index in [1.54, 1.807) is 17.1 Å². The second kappa shape index (κ2) is 9.76. The number of carbonyl (C=O) groups is 1. The highest BCUT2D eigenvalue weighted by molar-refractivity contribution is 6.32. The van der Waals surface area contributed by atoms with Crippen LogP contribution in [0.2, 0.25) is 5.02 Å². The quantitative estimate of drug-likeness (QED) is 0.493. The predicted octanol–water partition coefficient (Wildman–Crippen LogP) is 2.84. The van der Waals surface area contributed by atoms with Gasteiger partial charge >= 0.3 is 0 Å². The number of rotatable bonds is 8. The van der Waals surface area contributed by atoms with Gasteiger partial charge in [0.05, 0.1) is 31.2 Å². The predicted molar refractivity (Wildman–Crippen MR) is 118 cm³/mol. The molecule has 1 aliphatic rings. The fourth-order valence-corrected chi connectivity index (χ4v) is 3.65. The van der Waals surface area contributed by atoms with Crippen molar-refractivity contribution in [2.75, 3.05) is 30.3 Å². The average molecular weight is 442 g/mol. The number of likely N-dealkylation sites (tertiary alicyclic amines) is 1. The molecule has 1 saturated heterocycles. The van der Waals surface area contributed by atoms with Gasteiger partial charge in [-0.2, -0.15) is 10.1 Å². The Morgan fingerprint density at radius 3 is 2.71 bits per heavy atom. The van der Waals surface area contributed by atoms with Gasteiger partial charge in [-0.3, -0.25) is 9.48 Å². The van der Waals surface area contributed by atoms with Crippen LogP contribution in [-0.4, -0.2) is 55.4 Å². The van der Waals surface area contributed by atoms with E-state index in [1.807, 2.05) is 35.2 Å². The molecule has 1 amide bonds. The third-order valence-electron chi connectivity index (χ3n) is 5.04. The summed E-state index contributed by atoms with van der Waals surface area (Å²) in [6.45, 7) is 1.91. The maximum absolute atomic E-state index is 13.2. The molecule has 1 unspecified atom stereocenters. The largest absolute Gasteiger partial charge is 0.394 e. The molecule has 0 aliphatic carbocycles. The molecule has 3 N–H and O–H groups in total. The number of hydrogen-bond donors (Lipinski definition) is 3. The van der Waals surface area contributed by atoms with E-state index in [1.165, 1.54) is 6.20 Å². The lowest BCUT2D eigenvalue weighted by molar-refractivity contribution is -0.131. The number of benzene rings is 1. The second-order valence-corrected chi connectivity index (χ2v) is 7.66. The number of aromatic nitrogens is 4. The van der Waals surface area contributed by atoms with Gasteiger partial charge in [0.2, 0.25) is 11.9 Å². The van der Waals surface area contributed by atoms with Crippen molar-refractivity contribution in [1.82, 2.24) is 24.6 Å². The summed E-state index contributed by atoms with van der Waals surface area (Å²) in [5.74, 6) is 0.678. The molecule has 1 fully saturated rings. The van der Waals surface area contributed by atoms with Crippen molar-refractivity contribution in [2.45, 2.75) is 25.4 Å². The van der Waals surface area contributed by atoms with E-state index in [9.17, 15) is 4.79 Å². The normalized spacial score (nSPS) is 14.5. The highest BCUT2D eigenvalue weighted by atomic mass is 35.5. The molecule has 1 aromatic carbocycles. The highest BCUT2D eigenvalue weighted by Crippen LogP contribution is 2.28. The summed E-state index contributed by atoms with van der Waals surface area (Å²) in [6, 6.07) is 8.94. The van der Waals surface area contributed by atoms with E-state index in [-0.39, 0.29) is 12.5 Å². The van der Waals surface area contributed by atoms with Crippen LogP contribution in [0.15, 0.2) is 48.9 Å². The topological polar surface area (TPSA) is 108 Å². The van der Waals surface area contributed by atoms with Crippen LogP contribution in [0, 0.1) is 0 Å². The van der Waals surface area contributed by atoms with Crippen LogP contribution in [0.5, 0.6) is 0 Å². The number of nitrogens with one attached hydrogen (secondary N) is 2. The van der Waals surface area contributed by atoms with E-state index >= 15 is 0 Å². The van der Waals surface area contributed by atoms with E-state index in [0.717, 1.165) is 31.5 Å². The van der Waals surface area contributed by atoms with Gasteiger partial charge in [0.1, 0.15) is 11.1 Å². The molecule has 9 nitrogen and oxygen atoms in total. The van der Waals surface area contributed by atoms with Crippen molar-refractivity contribution in [2.24, 2.45) is 0 Å². The molecule has 2 aromatic heterocycles. The van der Waals surface area contributed by atoms with Crippen molar-refractivity contribution in [3.63, 3.8) is 0 Å². The van der Waals surface area contributed by atoms with Crippen LogP contribution in [0.1, 0.15) is 24.4 Å². The van der Waals surface area contributed by atoms with Gasteiger partial charge in [-0.15, -0.1) is 0 Å². The first kappa shape index (κ1) is 21.1. The summed E-state index contributed by atoms with van der Waals surface area (Å²) in [4.78, 5) is 23.8. The molecule has 4 rings (SSSR count). The molecule has 1 aliphatic heterocycles. The first-order valence-electron chi connectivity index (χ1n) is 10.2. The molecular weight excluding hydrogens is 418 g/mol. The molecule has 1 atom stereocenters. The minimum atomic E-state index is -0.605. The number of nitrogens with zero attached hydrogens (tertiary/aromatic N) is 5. The Balaban J connectivity index is 1.57. The van der Waals surface area contributed by atoms with Gasteiger partial charge in [-0.1, -0.05) is 41.9 Å². The van der Waals surface area contributed by atoms with E-state index in [0.29, 0.717) is 29.0 Å². The van der Waals surface area contributed by atoms with Gasteiger partial charge in [-0.25, -0.2) is 4.98 Å². The van der Waals surface area contributed by atoms with Crippen molar-refractivity contribution in [3.8, 4) is 0 Å². The lowest BCUT2D eigenvalue weighted by Crippen LogP contribution is -2.36. The Morgan fingerprint density at radius 2 is 1.97 bits per heavy atom. The minimum absolute atomic E-state index is 0.00143. The van der Waals surface area contributed by atoms with Crippen molar-refractivity contribution >= 4 is 35.0 Å². The molecule has 0 bridgehead atoms. The van der Waals surface area contributed by atoms with Gasteiger partial charge in [0.25, 0.3) is 0 Å². The van der Waals surface area contributed by atoms with Crippen LogP contribution in [0.3, 0.4) is 0 Å². The molecule has 3 heterocycles. The molecule has 31 heavy (non-hydrogen) atoms. The summed E-state index contributed by atoms with van der Waals surface area (Å²) < 4.78 is 1.61. The van der Waals surface area contributed by atoms with Crippen LogP contribution in [-0.2, 0) is 11.3 Å². The summed E-state index contributed by atoms with van der Waals surface area (Å²) in [6.07, 6.45) is 6.87. The first-order valence-corrected chi connectivity index (χ1v) is 10.5. The third kappa shape index (κ3) is 5.12. The Kier molecular flexibility index (Phi) is 6.63. The number of aliphatic hydroxyl groups excluding tert-OH is 1. The smallest absolute Gasteiger partial charge is 0.249 e. The number of amides is 1. The minimum Gasteiger partial charge on any atom is -0.394 e. The fraction of sp³-hybridized carbons (Fsp3) is 0.333. The summed E-state index contributed by atoms with van der Waals surface area (Å²) in [7, 11) is 0. The van der Waals surface area contributed by atoms with Crippen molar-refractivity contribution in [3.05, 3.63) is 59.5 Å². The molecule has 3 aromatic rings. The highest BCUT2D eigenvalue weighted by Gasteiger charge is 2.28. The lowest BCUT2D eigenvalue weighted by atomic mass is 10.1.